The second kappa shape index (κ2) is 6.80. The van der Waals surface area contributed by atoms with Crippen molar-refractivity contribution in [3.05, 3.63) is 65.2 Å². The summed E-state index contributed by atoms with van der Waals surface area (Å²) in [6, 6.07) is 11.1. The van der Waals surface area contributed by atoms with E-state index < -0.39 is 11.7 Å². The van der Waals surface area contributed by atoms with Gasteiger partial charge in [-0.3, -0.25) is 4.79 Å². The van der Waals surface area contributed by atoms with E-state index in [2.05, 4.69) is 15.5 Å². The quantitative estimate of drug-likeness (QED) is 0.778. The zero-order valence-corrected chi connectivity index (χ0v) is 13.6. The Labute approximate surface area is 143 Å². The van der Waals surface area contributed by atoms with Crippen LogP contribution in [0.1, 0.15) is 17.3 Å². The van der Waals surface area contributed by atoms with Gasteiger partial charge in [0.15, 0.2) is 5.82 Å². The summed E-state index contributed by atoms with van der Waals surface area (Å²) in [7, 11) is 0. The molecule has 3 aromatic rings. The fourth-order valence-electron chi connectivity index (χ4n) is 2.32. The predicted molar refractivity (Wildman–Crippen MR) is 90.5 cm³/mol. The van der Waals surface area contributed by atoms with Gasteiger partial charge in [0.1, 0.15) is 12.1 Å². The molecule has 0 radical (unpaired) electrons. The Kier molecular flexibility index (Phi) is 4.57. The number of rotatable bonds is 4. The van der Waals surface area contributed by atoms with Crippen LogP contribution in [0.5, 0.6) is 0 Å². The van der Waals surface area contributed by atoms with E-state index >= 15 is 0 Å². The minimum absolute atomic E-state index is 0.0680. The summed E-state index contributed by atoms with van der Waals surface area (Å²) in [6.45, 7) is 2.72. The van der Waals surface area contributed by atoms with Crippen LogP contribution >= 0.6 is 11.6 Å². The maximum atomic E-state index is 13.8. The summed E-state index contributed by atoms with van der Waals surface area (Å²) >= 11 is 5.70. The molecule has 1 heterocycles. The maximum Gasteiger partial charge on any atom is 0.258 e. The van der Waals surface area contributed by atoms with Gasteiger partial charge in [-0.05, 0) is 37.3 Å². The second-order valence-electron chi connectivity index (χ2n) is 5.10. The molecule has 0 fully saturated rings. The lowest BCUT2D eigenvalue weighted by atomic mass is 10.1. The summed E-state index contributed by atoms with van der Waals surface area (Å²) in [5.41, 5.74) is 1.28. The molecular formula is C17H14ClFN4O. The molecule has 122 valence electrons. The molecule has 0 saturated heterocycles. The van der Waals surface area contributed by atoms with E-state index in [-0.39, 0.29) is 10.6 Å². The molecule has 0 aliphatic carbocycles. The number of benzene rings is 2. The molecule has 0 bridgehead atoms. The molecule has 0 saturated carbocycles. The van der Waals surface area contributed by atoms with Gasteiger partial charge in [0.25, 0.3) is 5.91 Å². The highest BCUT2D eigenvalue weighted by Crippen LogP contribution is 2.22. The molecule has 5 nitrogen and oxygen atoms in total. The van der Waals surface area contributed by atoms with Gasteiger partial charge in [0.05, 0.1) is 5.56 Å². The zero-order chi connectivity index (χ0) is 17.1. The Bertz CT molecular complexity index is 894. The molecule has 1 amide bonds. The molecule has 0 unspecified atom stereocenters. The first-order chi connectivity index (χ1) is 11.6. The summed E-state index contributed by atoms with van der Waals surface area (Å²) in [5, 5.41) is 10.9. The second-order valence-corrected chi connectivity index (χ2v) is 5.54. The van der Waals surface area contributed by atoms with Crippen molar-refractivity contribution in [2.75, 3.05) is 5.32 Å². The lowest BCUT2D eigenvalue weighted by Crippen LogP contribution is -2.13. The smallest absolute Gasteiger partial charge is 0.258 e. The Balaban J connectivity index is 1.86. The number of amides is 1. The van der Waals surface area contributed by atoms with Crippen LogP contribution in [-0.2, 0) is 6.54 Å². The lowest BCUT2D eigenvalue weighted by Gasteiger charge is -2.09. The molecule has 0 aliphatic rings. The molecule has 3 rings (SSSR count). The molecule has 0 aliphatic heterocycles. The summed E-state index contributed by atoms with van der Waals surface area (Å²) in [5.74, 6) is -0.508. The minimum Gasteiger partial charge on any atom is -0.322 e. The number of hydrogen-bond acceptors (Lipinski definition) is 3. The summed E-state index contributed by atoms with van der Waals surface area (Å²) in [4.78, 5) is 12.2. The van der Waals surface area contributed by atoms with E-state index in [1.807, 2.05) is 17.6 Å². The van der Waals surface area contributed by atoms with Crippen molar-refractivity contribution in [2.45, 2.75) is 13.5 Å². The third-order valence-electron chi connectivity index (χ3n) is 3.51. The van der Waals surface area contributed by atoms with E-state index in [0.717, 1.165) is 18.2 Å². The minimum atomic E-state index is -0.665. The predicted octanol–water partition coefficient (Wildman–Crippen LogP) is 4.01. The van der Waals surface area contributed by atoms with Crippen LogP contribution in [0.4, 0.5) is 10.1 Å². The Morgan fingerprint density at radius 2 is 2.12 bits per heavy atom. The van der Waals surface area contributed by atoms with Gasteiger partial charge in [-0.2, -0.15) is 0 Å². The fraction of sp³-hybridized carbons (Fsp3) is 0.118. The van der Waals surface area contributed by atoms with Crippen molar-refractivity contribution >= 4 is 23.2 Å². The number of hydrogen-bond donors (Lipinski definition) is 1. The van der Waals surface area contributed by atoms with Crippen LogP contribution < -0.4 is 5.32 Å². The molecule has 0 spiro atoms. The number of nitrogens with zero attached hydrogens (tertiary/aromatic N) is 3. The fourth-order valence-corrected chi connectivity index (χ4v) is 2.48. The van der Waals surface area contributed by atoms with Crippen LogP contribution in [0.2, 0.25) is 5.02 Å². The molecule has 24 heavy (non-hydrogen) atoms. The Morgan fingerprint density at radius 1 is 1.29 bits per heavy atom. The molecule has 1 aromatic heterocycles. The first-order valence-electron chi connectivity index (χ1n) is 7.33. The van der Waals surface area contributed by atoms with Crippen LogP contribution in [0, 0.1) is 5.82 Å². The number of nitrogens with one attached hydrogen (secondary N) is 1. The topological polar surface area (TPSA) is 59.8 Å². The standard InChI is InChI=1S/C17H14ClFN4O/c1-2-23-10-20-22-16(23)11-4-3-5-13(8-11)21-17(24)14-7-6-12(18)9-15(14)19/h3-10H,2H2,1H3,(H,21,24). The normalized spacial score (nSPS) is 10.6. The van der Waals surface area contributed by atoms with E-state index in [9.17, 15) is 9.18 Å². The van der Waals surface area contributed by atoms with E-state index in [1.165, 1.54) is 12.1 Å². The van der Waals surface area contributed by atoms with Crippen LogP contribution in [0.25, 0.3) is 11.4 Å². The van der Waals surface area contributed by atoms with Crippen molar-refractivity contribution < 1.29 is 9.18 Å². The number of halogens is 2. The van der Waals surface area contributed by atoms with Gasteiger partial charge >= 0.3 is 0 Å². The van der Waals surface area contributed by atoms with E-state index in [0.29, 0.717) is 11.5 Å². The average molecular weight is 345 g/mol. The highest BCUT2D eigenvalue weighted by atomic mass is 35.5. The molecule has 1 N–H and O–H groups in total. The van der Waals surface area contributed by atoms with Crippen LogP contribution in [0.15, 0.2) is 48.8 Å². The monoisotopic (exact) mass is 344 g/mol. The number of anilines is 1. The van der Waals surface area contributed by atoms with Crippen molar-refractivity contribution in [1.82, 2.24) is 14.8 Å². The van der Waals surface area contributed by atoms with Crippen molar-refractivity contribution in [2.24, 2.45) is 0 Å². The van der Waals surface area contributed by atoms with Gasteiger partial charge in [0, 0.05) is 22.8 Å². The van der Waals surface area contributed by atoms with Gasteiger partial charge in [-0.15, -0.1) is 10.2 Å². The zero-order valence-electron chi connectivity index (χ0n) is 12.8. The van der Waals surface area contributed by atoms with E-state index in [1.54, 1.807) is 24.5 Å². The van der Waals surface area contributed by atoms with Crippen LogP contribution in [-0.4, -0.2) is 20.7 Å². The molecule has 7 heteroatoms. The number of aromatic nitrogens is 3. The van der Waals surface area contributed by atoms with Crippen molar-refractivity contribution in [1.29, 1.82) is 0 Å². The van der Waals surface area contributed by atoms with Gasteiger partial charge < -0.3 is 9.88 Å². The molecular weight excluding hydrogens is 331 g/mol. The van der Waals surface area contributed by atoms with Crippen molar-refractivity contribution in [3.8, 4) is 11.4 Å². The Morgan fingerprint density at radius 3 is 2.88 bits per heavy atom. The third-order valence-corrected chi connectivity index (χ3v) is 3.75. The summed E-state index contributed by atoms with van der Waals surface area (Å²) < 4.78 is 15.7. The first kappa shape index (κ1) is 16.1. The number of carbonyl (C=O) groups is 1. The highest BCUT2D eigenvalue weighted by molar-refractivity contribution is 6.30. The summed E-state index contributed by atoms with van der Waals surface area (Å²) in [6.07, 6.45) is 1.64. The van der Waals surface area contributed by atoms with Gasteiger partial charge in [0.2, 0.25) is 0 Å². The molecule has 2 aromatic carbocycles. The molecule has 0 atom stereocenters. The first-order valence-corrected chi connectivity index (χ1v) is 7.71. The van der Waals surface area contributed by atoms with Crippen molar-refractivity contribution in [3.63, 3.8) is 0 Å². The third kappa shape index (κ3) is 3.28. The largest absolute Gasteiger partial charge is 0.322 e. The van der Waals surface area contributed by atoms with E-state index in [4.69, 9.17) is 11.6 Å². The Hall–Kier alpha value is -2.73. The number of aryl methyl sites for hydroxylation is 1. The average Bonchev–Trinajstić information content (AvgIpc) is 3.03. The SMILES string of the molecule is CCn1cnnc1-c1cccc(NC(=O)c2ccc(Cl)cc2F)c1. The lowest BCUT2D eigenvalue weighted by molar-refractivity contribution is 0.102. The van der Waals surface area contributed by atoms with Gasteiger partial charge in [-0.25, -0.2) is 4.39 Å². The van der Waals surface area contributed by atoms with Gasteiger partial charge in [-0.1, -0.05) is 23.7 Å². The highest BCUT2D eigenvalue weighted by Gasteiger charge is 2.13. The maximum absolute atomic E-state index is 13.8. The van der Waals surface area contributed by atoms with Crippen LogP contribution in [0.3, 0.4) is 0 Å². The number of carbonyl (C=O) groups excluding carboxylic acids is 1.